The molecule has 1 amide bonds. The number of ether oxygens (including phenoxy) is 1. The van der Waals surface area contributed by atoms with E-state index in [1.165, 1.54) is 0 Å². The molecule has 1 aliphatic rings. The Bertz CT molecular complexity index is 1080. The number of benzene rings is 3. The molecule has 0 aromatic heterocycles. The highest BCUT2D eigenvalue weighted by atomic mass is 19.1. The molecule has 1 unspecified atom stereocenters. The first-order valence-corrected chi connectivity index (χ1v) is 11.8. The minimum Gasteiger partial charge on any atom is -0.372 e. The van der Waals surface area contributed by atoms with Crippen LogP contribution in [-0.4, -0.2) is 45.8 Å². The number of carbonyl (C=O) groups is 1. The molecular weight excluding hydrogens is 429 g/mol. The predicted octanol–water partition coefficient (Wildman–Crippen LogP) is 4.99. The van der Waals surface area contributed by atoms with Gasteiger partial charge in [0.05, 0.1) is 18.3 Å². The molecule has 0 aliphatic carbocycles. The lowest BCUT2D eigenvalue weighted by molar-refractivity contribution is 0.0341. The van der Waals surface area contributed by atoms with Gasteiger partial charge in [-0.25, -0.2) is 4.39 Å². The molecule has 0 saturated heterocycles. The Morgan fingerprint density at radius 2 is 1.76 bits per heavy atom. The van der Waals surface area contributed by atoms with Gasteiger partial charge in [0.25, 0.3) is 5.91 Å². The number of carbonyl (C=O) groups excluding carboxylic acids is 1. The van der Waals surface area contributed by atoms with Crippen molar-refractivity contribution < 1.29 is 13.9 Å². The number of hydrogen-bond acceptors (Lipinski definition) is 4. The lowest BCUT2D eigenvalue weighted by Gasteiger charge is -2.23. The number of para-hydroxylation sites is 1. The predicted molar refractivity (Wildman–Crippen MR) is 135 cm³/mol. The Labute approximate surface area is 201 Å². The largest absolute Gasteiger partial charge is 0.372 e. The second kappa shape index (κ2) is 11.8. The summed E-state index contributed by atoms with van der Waals surface area (Å²) in [4.78, 5) is 17.3. The van der Waals surface area contributed by atoms with E-state index in [1.54, 1.807) is 0 Å². The zero-order valence-corrected chi connectivity index (χ0v) is 19.6. The van der Waals surface area contributed by atoms with Gasteiger partial charge in [0.15, 0.2) is 0 Å². The molecular formula is C28H32FN3O2. The van der Waals surface area contributed by atoms with Gasteiger partial charge in [0.2, 0.25) is 0 Å². The smallest absolute Gasteiger partial charge is 0.260 e. The number of alkyl halides is 1. The zero-order valence-electron chi connectivity index (χ0n) is 19.6. The van der Waals surface area contributed by atoms with Gasteiger partial charge >= 0.3 is 0 Å². The molecule has 5 nitrogen and oxygen atoms in total. The van der Waals surface area contributed by atoms with Gasteiger partial charge in [-0.1, -0.05) is 54.6 Å². The molecule has 4 rings (SSSR count). The fourth-order valence-electron chi connectivity index (χ4n) is 4.30. The summed E-state index contributed by atoms with van der Waals surface area (Å²) in [6.45, 7) is 2.45. The van der Waals surface area contributed by atoms with Crippen LogP contribution in [0.5, 0.6) is 0 Å². The molecule has 1 N–H and O–H groups in total. The van der Waals surface area contributed by atoms with Crippen LogP contribution in [0.3, 0.4) is 0 Å². The Morgan fingerprint density at radius 1 is 0.971 bits per heavy atom. The van der Waals surface area contributed by atoms with Crippen molar-refractivity contribution in [2.24, 2.45) is 0 Å². The number of halogens is 1. The maximum atomic E-state index is 13.4. The van der Waals surface area contributed by atoms with Crippen LogP contribution in [0, 0.1) is 0 Å². The Hall–Kier alpha value is -3.22. The summed E-state index contributed by atoms with van der Waals surface area (Å²) < 4.78 is 18.7. The lowest BCUT2D eigenvalue weighted by atomic mass is 10.1. The van der Waals surface area contributed by atoms with Crippen LogP contribution in [0.4, 0.5) is 15.8 Å². The maximum absolute atomic E-state index is 13.4. The first-order chi connectivity index (χ1) is 16.7. The summed E-state index contributed by atoms with van der Waals surface area (Å²) in [5.41, 5.74) is 4.66. The lowest BCUT2D eigenvalue weighted by Crippen LogP contribution is -2.33. The minimum absolute atomic E-state index is 0.0131. The van der Waals surface area contributed by atoms with E-state index in [1.807, 2.05) is 78.7 Å². The summed E-state index contributed by atoms with van der Waals surface area (Å²) in [5, 5.41) is 3.10. The van der Waals surface area contributed by atoms with Gasteiger partial charge in [-0.3, -0.25) is 4.79 Å². The highest BCUT2D eigenvalue weighted by molar-refractivity contribution is 6.10. The number of amides is 1. The number of rotatable bonds is 10. The Morgan fingerprint density at radius 3 is 2.59 bits per heavy atom. The van der Waals surface area contributed by atoms with E-state index in [-0.39, 0.29) is 18.7 Å². The van der Waals surface area contributed by atoms with Crippen LogP contribution >= 0.6 is 0 Å². The van der Waals surface area contributed by atoms with E-state index >= 15 is 0 Å². The van der Waals surface area contributed by atoms with Crippen molar-refractivity contribution in [2.75, 3.05) is 49.7 Å². The third-order valence-electron chi connectivity index (χ3n) is 6.15. The summed E-state index contributed by atoms with van der Waals surface area (Å²) in [5.74, 6) is 0.0131. The summed E-state index contributed by atoms with van der Waals surface area (Å²) >= 11 is 0. The number of anilines is 2. The van der Waals surface area contributed by atoms with E-state index in [9.17, 15) is 9.18 Å². The molecule has 0 fully saturated rings. The molecule has 0 radical (unpaired) electrons. The third-order valence-corrected chi connectivity index (χ3v) is 6.15. The Balaban J connectivity index is 1.48. The summed E-state index contributed by atoms with van der Waals surface area (Å²) in [6, 6.07) is 25.9. The van der Waals surface area contributed by atoms with E-state index in [4.69, 9.17) is 4.74 Å². The topological polar surface area (TPSA) is 44.8 Å². The molecule has 178 valence electrons. The third kappa shape index (κ3) is 5.82. The van der Waals surface area contributed by atoms with Crippen LogP contribution < -0.4 is 15.1 Å². The van der Waals surface area contributed by atoms with Crippen molar-refractivity contribution in [1.29, 1.82) is 0 Å². The number of nitrogens with one attached hydrogen (secondary N) is 1. The second-order valence-electron chi connectivity index (χ2n) is 8.50. The zero-order chi connectivity index (χ0) is 23.8. The van der Waals surface area contributed by atoms with E-state index < -0.39 is 0 Å². The molecule has 6 heteroatoms. The monoisotopic (exact) mass is 461 g/mol. The van der Waals surface area contributed by atoms with Gasteiger partial charge in [0.1, 0.15) is 6.67 Å². The number of hydrogen-bond donors (Lipinski definition) is 1. The van der Waals surface area contributed by atoms with Crippen LogP contribution in [0.2, 0.25) is 0 Å². The number of likely N-dealkylation sites (N-methyl/N-ethyl adjacent to an activating group) is 1. The molecule has 3 aromatic carbocycles. The Kier molecular flexibility index (Phi) is 8.28. The van der Waals surface area contributed by atoms with Crippen molar-refractivity contribution in [2.45, 2.75) is 19.1 Å². The number of fused-ring (bicyclic) bond motifs is 1. The van der Waals surface area contributed by atoms with Crippen LogP contribution in [0.1, 0.15) is 34.0 Å². The standard InChI is InChI=1S/C28H32FN3O2/c1-31-18-19-32(28(33)25-12-5-6-13-26(25)31)24-11-7-8-22(20-24)21-34-27(14-16-30-17-15-29)23-9-3-2-4-10-23/h2-13,20,27,30H,14-19,21H2,1H3. The van der Waals surface area contributed by atoms with Gasteiger partial charge in [-0.05, 0) is 48.4 Å². The quantitative estimate of drug-likeness (QED) is 0.432. The molecule has 3 aromatic rings. The van der Waals surface area contributed by atoms with Crippen molar-refractivity contribution in [3.8, 4) is 0 Å². The van der Waals surface area contributed by atoms with Crippen LogP contribution in [0.25, 0.3) is 0 Å². The average Bonchev–Trinajstić information content (AvgIpc) is 3.01. The van der Waals surface area contributed by atoms with Gasteiger partial charge in [0, 0.05) is 38.1 Å². The summed E-state index contributed by atoms with van der Waals surface area (Å²) in [6.07, 6.45) is 0.648. The molecule has 1 heterocycles. The fourth-order valence-corrected chi connectivity index (χ4v) is 4.30. The van der Waals surface area contributed by atoms with Crippen molar-refractivity contribution in [3.63, 3.8) is 0 Å². The van der Waals surface area contributed by atoms with Crippen LogP contribution in [-0.2, 0) is 11.3 Å². The van der Waals surface area contributed by atoms with Gasteiger partial charge < -0.3 is 19.9 Å². The van der Waals surface area contributed by atoms with Crippen LogP contribution in [0.15, 0.2) is 78.9 Å². The molecule has 0 spiro atoms. The molecule has 0 saturated carbocycles. The van der Waals surface area contributed by atoms with Gasteiger partial charge in [-0.15, -0.1) is 0 Å². The first-order valence-electron chi connectivity index (χ1n) is 11.8. The van der Waals surface area contributed by atoms with E-state index in [0.717, 1.165) is 35.5 Å². The highest BCUT2D eigenvalue weighted by Crippen LogP contribution is 2.28. The average molecular weight is 462 g/mol. The normalized spacial score (nSPS) is 14.6. The van der Waals surface area contributed by atoms with E-state index in [2.05, 4.69) is 22.3 Å². The summed E-state index contributed by atoms with van der Waals surface area (Å²) in [7, 11) is 2.02. The minimum atomic E-state index is -0.376. The molecule has 1 aliphatic heterocycles. The second-order valence-corrected chi connectivity index (χ2v) is 8.50. The SMILES string of the molecule is CN1CCN(c2cccc(COC(CCNCCF)c3ccccc3)c2)C(=O)c2ccccc21. The molecule has 1 atom stereocenters. The maximum Gasteiger partial charge on any atom is 0.260 e. The first kappa shape index (κ1) is 23.9. The number of nitrogens with zero attached hydrogens (tertiary/aromatic N) is 2. The molecule has 34 heavy (non-hydrogen) atoms. The van der Waals surface area contributed by atoms with Crippen molar-refractivity contribution >= 4 is 17.3 Å². The molecule has 0 bridgehead atoms. The van der Waals surface area contributed by atoms with E-state index in [0.29, 0.717) is 31.8 Å². The fraction of sp³-hybridized carbons (Fsp3) is 0.321. The van der Waals surface area contributed by atoms with Crippen molar-refractivity contribution in [1.82, 2.24) is 5.32 Å². The highest BCUT2D eigenvalue weighted by Gasteiger charge is 2.25. The van der Waals surface area contributed by atoms with Crippen molar-refractivity contribution in [3.05, 3.63) is 95.6 Å². The van der Waals surface area contributed by atoms with Gasteiger partial charge in [-0.2, -0.15) is 0 Å².